The van der Waals surface area contributed by atoms with Crippen LogP contribution in [0, 0.1) is 0 Å². The Hall–Kier alpha value is -3.01. The third kappa shape index (κ3) is 60.5. The van der Waals surface area contributed by atoms with Crippen molar-refractivity contribution in [2.75, 3.05) is 47.5 Å². The summed E-state index contributed by atoms with van der Waals surface area (Å²) in [5.41, 5.74) is 0. The highest BCUT2D eigenvalue weighted by molar-refractivity contribution is 5.71. The summed E-state index contributed by atoms with van der Waals surface area (Å²) >= 11 is 0. The standard InChI is InChI=1S/C68H123NO8/c1-6-8-10-12-14-16-18-20-21-22-23-24-25-26-27-28-29-30-31-32-33-34-35-36-37-38-39-40-41-42-43-44-45-47-48-50-52-54-56-58-65(70)75-62-64(63-76-68(67(72)73)74-61-60-69(3,4)5)77-66(71)59-57-55-53-51-49-46-19-17-15-13-11-9-7-2/h9,11,15,17,22-23,46,49,53,55,64,68H,6-8,10,12-14,16,18-21,24-45,47-48,50-52,54,56-63H2,1-5H3/p+1/b11-9-,17-15-,23-22-,49-46-,55-53-. The van der Waals surface area contributed by atoms with Gasteiger partial charge in [-0.15, -0.1) is 0 Å². The van der Waals surface area contributed by atoms with Gasteiger partial charge < -0.3 is 28.5 Å². The second kappa shape index (κ2) is 59.1. The van der Waals surface area contributed by atoms with Gasteiger partial charge >= 0.3 is 17.9 Å². The van der Waals surface area contributed by atoms with E-state index >= 15 is 0 Å². The Bertz CT molecular complexity index is 1450. The number of rotatable bonds is 60. The molecule has 0 radical (unpaired) electrons. The first-order valence-electron chi connectivity index (χ1n) is 32.5. The molecule has 2 unspecified atom stereocenters. The molecule has 0 amide bonds. The number of carboxylic acid groups (broad SMARTS) is 1. The summed E-state index contributed by atoms with van der Waals surface area (Å²) in [6.07, 6.45) is 73.9. The molecule has 2 atom stereocenters. The number of hydrogen-bond acceptors (Lipinski definition) is 7. The number of hydrogen-bond donors (Lipinski definition) is 1. The number of unbranched alkanes of at least 4 members (excludes halogenated alkanes) is 35. The van der Waals surface area contributed by atoms with Crippen molar-refractivity contribution in [3.63, 3.8) is 0 Å². The fourth-order valence-electron chi connectivity index (χ4n) is 9.32. The predicted octanol–water partition coefficient (Wildman–Crippen LogP) is 19.6. The fraction of sp³-hybridized carbons (Fsp3) is 0.809. The van der Waals surface area contributed by atoms with Crippen molar-refractivity contribution in [2.24, 2.45) is 0 Å². The van der Waals surface area contributed by atoms with E-state index in [2.05, 4.69) is 62.5 Å². The summed E-state index contributed by atoms with van der Waals surface area (Å²) in [5, 5.41) is 9.68. The number of carbonyl (C=O) groups is 3. The van der Waals surface area contributed by atoms with Crippen LogP contribution >= 0.6 is 0 Å². The zero-order valence-corrected chi connectivity index (χ0v) is 51.1. The van der Waals surface area contributed by atoms with E-state index in [1.807, 2.05) is 33.3 Å². The first-order valence-corrected chi connectivity index (χ1v) is 32.5. The monoisotopic (exact) mass is 1080 g/mol. The molecule has 0 saturated carbocycles. The number of esters is 2. The Kier molecular flexibility index (Phi) is 56.8. The van der Waals surface area contributed by atoms with Gasteiger partial charge in [-0.25, -0.2) is 4.79 Å². The second-order valence-electron chi connectivity index (χ2n) is 23.0. The van der Waals surface area contributed by atoms with Crippen molar-refractivity contribution >= 4 is 17.9 Å². The van der Waals surface area contributed by atoms with E-state index in [0.29, 0.717) is 17.4 Å². The van der Waals surface area contributed by atoms with E-state index in [-0.39, 0.29) is 38.6 Å². The molecule has 9 nitrogen and oxygen atoms in total. The molecule has 0 aromatic heterocycles. The lowest BCUT2D eigenvalue weighted by Gasteiger charge is -2.25. The summed E-state index contributed by atoms with van der Waals surface area (Å²) in [4.78, 5) is 37.3. The minimum absolute atomic E-state index is 0.139. The third-order valence-corrected chi connectivity index (χ3v) is 14.3. The number of carbonyl (C=O) groups excluding carboxylic acids is 2. The lowest BCUT2D eigenvalue weighted by atomic mass is 10.0. The summed E-state index contributed by atoms with van der Waals surface area (Å²) in [6, 6.07) is 0. The van der Waals surface area contributed by atoms with Crippen LogP contribution in [0.2, 0.25) is 0 Å². The average molecular weight is 1080 g/mol. The molecule has 0 aliphatic heterocycles. The van der Waals surface area contributed by atoms with E-state index in [0.717, 1.165) is 44.9 Å². The Labute approximate surface area is 475 Å². The van der Waals surface area contributed by atoms with Crippen molar-refractivity contribution in [1.29, 1.82) is 0 Å². The van der Waals surface area contributed by atoms with Gasteiger partial charge in [-0.1, -0.05) is 280 Å². The Morgan fingerprint density at radius 2 is 0.766 bits per heavy atom. The number of carboxylic acids is 1. The highest BCUT2D eigenvalue weighted by Crippen LogP contribution is 2.18. The van der Waals surface area contributed by atoms with E-state index in [4.69, 9.17) is 18.9 Å². The van der Waals surface area contributed by atoms with Gasteiger partial charge in [-0.05, 0) is 64.2 Å². The molecule has 0 aliphatic carbocycles. The Morgan fingerprint density at radius 1 is 0.403 bits per heavy atom. The summed E-state index contributed by atoms with van der Waals surface area (Å²) in [6.45, 7) is 4.70. The quantitative estimate of drug-likeness (QED) is 0.0211. The summed E-state index contributed by atoms with van der Waals surface area (Å²) in [7, 11) is 5.95. The number of aliphatic carboxylic acids is 1. The maximum absolute atomic E-state index is 12.8. The van der Waals surface area contributed by atoms with E-state index in [1.54, 1.807) is 0 Å². The number of nitrogens with zero attached hydrogens (tertiary/aromatic N) is 1. The van der Waals surface area contributed by atoms with Crippen molar-refractivity contribution in [1.82, 2.24) is 0 Å². The van der Waals surface area contributed by atoms with Gasteiger partial charge in [-0.2, -0.15) is 0 Å². The zero-order chi connectivity index (χ0) is 56.2. The largest absolute Gasteiger partial charge is 0.477 e. The van der Waals surface area contributed by atoms with Gasteiger partial charge in [0.2, 0.25) is 0 Å². The van der Waals surface area contributed by atoms with Crippen LogP contribution in [0.3, 0.4) is 0 Å². The van der Waals surface area contributed by atoms with E-state index < -0.39 is 24.3 Å². The van der Waals surface area contributed by atoms with Gasteiger partial charge in [0, 0.05) is 12.8 Å². The van der Waals surface area contributed by atoms with Crippen LogP contribution in [0.25, 0.3) is 0 Å². The smallest absolute Gasteiger partial charge is 0.361 e. The molecule has 0 bridgehead atoms. The topological polar surface area (TPSA) is 108 Å². The molecule has 0 aliphatic rings. The number of quaternary nitrogens is 1. The third-order valence-electron chi connectivity index (χ3n) is 14.3. The fourth-order valence-corrected chi connectivity index (χ4v) is 9.32. The Balaban J connectivity index is 3.92. The average Bonchev–Trinajstić information content (AvgIpc) is 3.40. The van der Waals surface area contributed by atoms with Crippen molar-refractivity contribution in [3.8, 4) is 0 Å². The summed E-state index contributed by atoms with van der Waals surface area (Å²) in [5.74, 6) is -2.11. The lowest BCUT2D eigenvalue weighted by Crippen LogP contribution is -2.40. The molecule has 1 N–H and O–H groups in total. The molecule has 0 aromatic rings. The number of likely N-dealkylation sites (N-methyl/N-ethyl adjacent to an activating group) is 1. The minimum atomic E-state index is -1.53. The lowest BCUT2D eigenvalue weighted by molar-refractivity contribution is -0.870. The normalized spacial score (nSPS) is 13.1. The number of ether oxygens (including phenoxy) is 4. The van der Waals surface area contributed by atoms with Crippen molar-refractivity contribution in [2.45, 2.75) is 309 Å². The van der Waals surface area contributed by atoms with Gasteiger partial charge in [0.15, 0.2) is 6.10 Å². The van der Waals surface area contributed by atoms with Crippen LogP contribution in [0.5, 0.6) is 0 Å². The molecule has 0 fully saturated rings. The maximum Gasteiger partial charge on any atom is 0.361 e. The molecular formula is C68H124NO8+. The van der Waals surface area contributed by atoms with Gasteiger partial charge in [-0.3, -0.25) is 9.59 Å². The molecule has 0 aromatic carbocycles. The molecule has 9 heteroatoms. The maximum atomic E-state index is 12.8. The van der Waals surface area contributed by atoms with E-state index in [1.165, 1.54) is 218 Å². The Morgan fingerprint density at radius 3 is 1.16 bits per heavy atom. The predicted molar refractivity (Wildman–Crippen MR) is 327 cm³/mol. The van der Waals surface area contributed by atoms with Crippen LogP contribution in [0.1, 0.15) is 296 Å². The number of allylic oxidation sites excluding steroid dienone is 10. The van der Waals surface area contributed by atoms with Crippen LogP contribution < -0.4 is 0 Å². The molecule has 77 heavy (non-hydrogen) atoms. The van der Waals surface area contributed by atoms with Crippen molar-refractivity contribution < 1.29 is 42.9 Å². The van der Waals surface area contributed by atoms with Crippen LogP contribution in [-0.2, 0) is 33.3 Å². The highest BCUT2D eigenvalue weighted by atomic mass is 16.7. The summed E-state index contributed by atoms with van der Waals surface area (Å²) < 4.78 is 22.7. The highest BCUT2D eigenvalue weighted by Gasteiger charge is 2.25. The van der Waals surface area contributed by atoms with Gasteiger partial charge in [0.1, 0.15) is 13.2 Å². The van der Waals surface area contributed by atoms with Gasteiger partial charge in [0.25, 0.3) is 6.29 Å². The second-order valence-corrected chi connectivity index (χ2v) is 23.0. The molecule has 0 spiro atoms. The first-order chi connectivity index (χ1) is 37.6. The van der Waals surface area contributed by atoms with Crippen LogP contribution in [-0.4, -0.2) is 87.4 Å². The van der Waals surface area contributed by atoms with Crippen LogP contribution in [0.15, 0.2) is 60.8 Å². The molecular weight excluding hydrogens is 959 g/mol. The first kappa shape index (κ1) is 74.0. The zero-order valence-electron chi connectivity index (χ0n) is 51.1. The van der Waals surface area contributed by atoms with E-state index in [9.17, 15) is 19.5 Å². The molecule has 448 valence electrons. The molecule has 0 saturated heterocycles. The molecule has 0 rings (SSSR count). The van der Waals surface area contributed by atoms with Crippen LogP contribution in [0.4, 0.5) is 0 Å². The SMILES string of the molecule is CC/C=C\C/C=C\C/C=C\C/C=C\CCC(=O)OC(COC(=O)CCCCCCCCCCCCCCCCCCCCCCCCCCCCC/C=C\CCCCCCCCCC)COC(OCC[N+](C)(C)C)C(=O)O. The molecule has 0 heterocycles. The minimum Gasteiger partial charge on any atom is -0.477 e. The van der Waals surface area contributed by atoms with Crippen molar-refractivity contribution in [3.05, 3.63) is 60.8 Å². The van der Waals surface area contributed by atoms with Gasteiger partial charge in [0.05, 0.1) is 34.4 Å².